The van der Waals surface area contributed by atoms with Crippen LogP contribution in [0.5, 0.6) is 0 Å². The van der Waals surface area contributed by atoms with Gasteiger partial charge in [0.1, 0.15) is 0 Å². The van der Waals surface area contributed by atoms with E-state index in [-0.39, 0.29) is 11.8 Å². The molecule has 2 aromatic rings. The highest BCUT2D eigenvalue weighted by Crippen LogP contribution is 2.24. The average molecular weight is 231 g/mol. The van der Waals surface area contributed by atoms with Crippen LogP contribution in [0, 0.1) is 5.92 Å². The van der Waals surface area contributed by atoms with E-state index in [1.165, 1.54) is 0 Å². The summed E-state index contributed by atoms with van der Waals surface area (Å²) in [6, 6.07) is 0. The molecule has 0 aromatic carbocycles. The summed E-state index contributed by atoms with van der Waals surface area (Å²) in [5.41, 5.74) is 3.04. The number of rotatable bonds is 2. The molecule has 0 fully saturated rings. The van der Waals surface area contributed by atoms with Gasteiger partial charge in [0.05, 0.1) is 18.1 Å². The lowest BCUT2D eigenvalue weighted by molar-refractivity contribution is -0.120. The number of aryl methyl sites for hydroxylation is 1. The number of amides is 1. The molecule has 1 aliphatic carbocycles. The molecule has 1 amide bonds. The number of H-pyrrole nitrogens is 2. The van der Waals surface area contributed by atoms with Crippen molar-refractivity contribution in [3.05, 3.63) is 29.8 Å². The number of anilines is 1. The van der Waals surface area contributed by atoms with E-state index in [9.17, 15) is 4.79 Å². The number of hydrogen-bond acceptors (Lipinski definition) is 3. The Bertz CT molecular complexity index is 516. The van der Waals surface area contributed by atoms with Crippen LogP contribution in [0.4, 0.5) is 5.69 Å². The third kappa shape index (κ3) is 1.93. The number of aromatic amines is 2. The monoisotopic (exact) mass is 231 g/mol. The highest BCUT2D eigenvalue weighted by molar-refractivity contribution is 5.92. The summed E-state index contributed by atoms with van der Waals surface area (Å²) in [4.78, 5) is 12.0. The first-order chi connectivity index (χ1) is 8.33. The van der Waals surface area contributed by atoms with E-state index in [1.807, 2.05) is 6.20 Å². The van der Waals surface area contributed by atoms with Crippen LogP contribution in [-0.2, 0) is 17.6 Å². The quantitative estimate of drug-likeness (QED) is 0.717. The first-order valence-electron chi connectivity index (χ1n) is 5.63. The molecule has 1 aliphatic rings. The van der Waals surface area contributed by atoms with Crippen LogP contribution in [0.2, 0.25) is 0 Å². The first kappa shape index (κ1) is 10.1. The topological polar surface area (TPSA) is 86.5 Å². The maximum Gasteiger partial charge on any atom is 0.227 e. The SMILES string of the molecule is O=C(Nc1cn[nH]c1)C1CCc2[nH]ncc2C1. The molecule has 2 heterocycles. The molecule has 0 spiro atoms. The summed E-state index contributed by atoms with van der Waals surface area (Å²) in [6.45, 7) is 0. The van der Waals surface area contributed by atoms with E-state index in [0.29, 0.717) is 5.69 Å². The lowest BCUT2D eigenvalue weighted by Crippen LogP contribution is -2.27. The van der Waals surface area contributed by atoms with Gasteiger partial charge in [0.2, 0.25) is 5.91 Å². The molecule has 3 N–H and O–H groups in total. The summed E-state index contributed by atoms with van der Waals surface area (Å²) in [6.07, 6.45) is 7.59. The van der Waals surface area contributed by atoms with Crippen molar-refractivity contribution in [1.29, 1.82) is 0 Å². The van der Waals surface area contributed by atoms with Crippen LogP contribution in [-0.4, -0.2) is 26.3 Å². The van der Waals surface area contributed by atoms with Gasteiger partial charge in [-0.05, 0) is 24.8 Å². The third-order valence-electron chi connectivity index (χ3n) is 3.15. The number of nitrogens with one attached hydrogen (secondary N) is 3. The molecular formula is C11H13N5O. The summed E-state index contributed by atoms with van der Waals surface area (Å²) in [7, 11) is 0. The van der Waals surface area contributed by atoms with Crippen LogP contribution in [0.15, 0.2) is 18.6 Å². The second kappa shape index (κ2) is 4.04. The average Bonchev–Trinajstić information content (AvgIpc) is 2.97. The largest absolute Gasteiger partial charge is 0.323 e. The third-order valence-corrected chi connectivity index (χ3v) is 3.15. The Balaban J connectivity index is 1.68. The highest BCUT2D eigenvalue weighted by Gasteiger charge is 2.25. The molecule has 1 atom stereocenters. The molecule has 6 nitrogen and oxygen atoms in total. The van der Waals surface area contributed by atoms with Crippen molar-refractivity contribution >= 4 is 11.6 Å². The fourth-order valence-corrected chi connectivity index (χ4v) is 2.20. The number of fused-ring (bicyclic) bond motifs is 1. The lowest BCUT2D eigenvalue weighted by Gasteiger charge is -2.20. The van der Waals surface area contributed by atoms with Crippen molar-refractivity contribution in [1.82, 2.24) is 20.4 Å². The number of aromatic nitrogens is 4. The Morgan fingerprint density at radius 3 is 3.18 bits per heavy atom. The van der Waals surface area contributed by atoms with Gasteiger partial charge in [-0.1, -0.05) is 0 Å². The zero-order valence-corrected chi connectivity index (χ0v) is 9.23. The number of carbonyl (C=O) groups is 1. The van der Waals surface area contributed by atoms with Crippen molar-refractivity contribution in [3.8, 4) is 0 Å². The minimum Gasteiger partial charge on any atom is -0.323 e. The maximum absolute atomic E-state index is 12.0. The van der Waals surface area contributed by atoms with E-state index in [2.05, 4.69) is 25.7 Å². The lowest BCUT2D eigenvalue weighted by atomic mass is 9.87. The maximum atomic E-state index is 12.0. The molecule has 1 unspecified atom stereocenters. The Morgan fingerprint density at radius 1 is 1.41 bits per heavy atom. The van der Waals surface area contributed by atoms with Crippen LogP contribution in [0.3, 0.4) is 0 Å². The fraction of sp³-hybridized carbons (Fsp3) is 0.364. The summed E-state index contributed by atoms with van der Waals surface area (Å²) in [5.74, 6) is 0.0771. The zero-order valence-electron chi connectivity index (χ0n) is 9.23. The van der Waals surface area contributed by atoms with Gasteiger partial charge in [0.15, 0.2) is 0 Å². The second-order valence-corrected chi connectivity index (χ2v) is 4.29. The predicted molar refractivity (Wildman–Crippen MR) is 61.3 cm³/mol. The van der Waals surface area contributed by atoms with E-state index in [1.54, 1.807) is 12.4 Å². The second-order valence-electron chi connectivity index (χ2n) is 4.29. The molecule has 2 aromatic heterocycles. The fourth-order valence-electron chi connectivity index (χ4n) is 2.20. The normalized spacial score (nSPS) is 18.7. The van der Waals surface area contributed by atoms with Crippen molar-refractivity contribution in [2.45, 2.75) is 19.3 Å². The van der Waals surface area contributed by atoms with Crippen LogP contribution < -0.4 is 5.32 Å². The van der Waals surface area contributed by atoms with E-state index >= 15 is 0 Å². The van der Waals surface area contributed by atoms with Gasteiger partial charge in [-0.2, -0.15) is 10.2 Å². The summed E-state index contributed by atoms with van der Waals surface area (Å²) < 4.78 is 0. The van der Waals surface area contributed by atoms with Crippen molar-refractivity contribution in [2.75, 3.05) is 5.32 Å². The smallest absolute Gasteiger partial charge is 0.227 e. The molecule has 0 radical (unpaired) electrons. The number of hydrogen-bond donors (Lipinski definition) is 3. The van der Waals surface area contributed by atoms with Gasteiger partial charge in [0, 0.05) is 17.8 Å². The minimum absolute atomic E-state index is 0.0231. The molecule has 17 heavy (non-hydrogen) atoms. The van der Waals surface area contributed by atoms with Crippen LogP contribution >= 0.6 is 0 Å². The van der Waals surface area contributed by atoms with E-state index in [0.717, 1.165) is 30.5 Å². The first-order valence-corrected chi connectivity index (χ1v) is 5.63. The van der Waals surface area contributed by atoms with Crippen molar-refractivity contribution in [2.24, 2.45) is 5.92 Å². The number of carbonyl (C=O) groups excluding carboxylic acids is 1. The molecule has 88 valence electrons. The predicted octanol–water partition coefficient (Wildman–Crippen LogP) is 0.876. The molecule has 6 heteroatoms. The van der Waals surface area contributed by atoms with Gasteiger partial charge in [-0.3, -0.25) is 15.0 Å². The van der Waals surface area contributed by atoms with Gasteiger partial charge in [-0.15, -0.1) is 0 Å². The van der Waals surface area contributed by atoms with Crippen molar-refractivity contribution < 1.29 is 4.79 Å². The Hall–Kier alpha value is -2.11. The molecule has 0 saturated carbocycles. The Morgan fingerprint density at radius 2 is 2.35 bits per heavy atom. The Kier molecular flexibility index (Phi) is 2.40. The van der Waals surface area contributed by atoms with Crippen molar-refractivity contribution in [3.63, 3.8) is 0 Å². The van der Waals surface area contributed by atoms with Gasteiger partial charge >= 0.3 is 0 Å². The standard InChI is InChI=1S/C11H13N5O/c17-11(15-9-5-12-13-6-9)7-1-2-10-8(3-7)4-14-16-10/h4-7H,1-3H2,(H,12,13)(H,14,16)(H,15,17). The van der Waals surface area contributed by atoms with Gasteiger partial charge in [-0.25, -0.2) is 0 Å². The van der Waals surface area contributed by atoms with E-state index in [4.69, 9.17) is 0 Å². The zero-order chi connectivity index (χ0) is 11.7. The molecular weight excluding hydrogens is 218 g/mol. The minimum atomic E-state index is 0.0231. The van der Waals surface area contributed by atoms with Gasteiger partial charge in [0.25, 0.3) is 0 Å². The highest BCUT2D eigenvalue weighted by atomic mass is 16.1. The molecule has 0 bridgehead atoms. The number of nitrogens with zero attached hydrogens (tertiary/aromatic N) is 2. The van der Waals surface area contributed by atoms with Crippen LogP contribution in [0.25, 0.3) is 0 Å². The Labute approximate surface area is 97.8 Å². The molecule has 0 aliphatic heterocycles. The molecule has 3 rings (SSSR count). The van der Waals surface area contributed by atoms with E-state index < -0.39 is 0 Å². The summed E-state index contributed by atoms with van der Waals surface area (Å²) in [5, 5.41) is 16.3. The van der Waals surface area contributed by atoms with Gasteiger partial charge < -0.3 is 5.32 Å². The summed E-state index contributed by atoms with van der Waals surface area (Å²) >= 11 is 0. The molecule has 0 saturated heterocycles. The van der Waals surface area contributed by atoms with Crippen LogP contribution in [0.1, 0.15) is 17.7 Å².